The minimum Gasteiger partial charge on any atom is -0.373 e. The van der Waals surface area contributed by atoms with Crippen LogP contribution in [0.15, 0.2) is 18.2 Å². The molecule has 0 aliphatic carbocycles. The molecule has 0 radical (unpaired) electrons. The third kappa shape index (κ3) is 3.15. The van der Waals surface area contributed by atoms with Crippen molar-refractivity contribution in [1.82, 2.24) is 9.88 Å². The predicted octanol–water partition coefficient (Wildman–Crippen LogP) is 1.46. The fraction of sp³-hybridized carbons (Fsp3) is 0.400. The lowest BCUT2D eigenvalue weighted by molar-refractivity contribution is 0.0615. The molecule has 0 aliphatic rings. The zero-order valence-corrected chi connectivity index (χ0v) is 9.08. The Balaban J connectivity index is 2.79. The van der Waals surface area contributed by atoms with Crippen LogP contribution in [0.4, 0.5) is 14.6 Å². The van der Waals surface area contributed by atoms with Gasteiger partial charge in [-0.2, -0.15) is 0 Å². The molecule has 0 atom stereocenters. The van der Waals surface area contributed by atoms with E-state index in [1.54, 1.807) is 19.2 Å². The van der Waals surface area contributed by atoms with E-state index < -0.39 is 18.9 Å². The van der Waals surface area contributed by atoms with E-state index in [9.17, 15) is 13.6 Å². The van der Waals surface area contributed by atoms with Crippen LogP contribution < -0.4 is 5.32 Å². The van der Waals surface area contributed by atoms with E-state index in [0.29, 0.717) is 5.82 Å². The summed E-state index contributed by atoms with van der Waals surface area (Å²) in [5.41, 5.74) is 0.148. The highest BCUT2D eigenvalue weighted by molar-refractivity contribution is 5.92. The van der Waals surface area contributed by atoms with Crippen molar-refractivity contribution in [2.24, 2.45) is 0 Å². The van der Waals surface area contributed by atoms with Crippen LogP contribution in [0.3, 0.4) is 0 Å². The van der Waals surface area contributed by atoms with Crippen LogP contribution in [0.25, 0.3) is 0 Å². The number of hydrogen-bond donors (Lipinski definition) is 1. The number of hydrogen-bond acceptors (Lipinski definition) is 3. The third-order valence-corrected chi connectivity index (χ3v) is 1.98. The highest BCUT2D eigenvalue weighted by atomic mass is 19.3. The third-order valence-electron chi connectivity index (χ3n) is 1.98. The molecule has 0 aromatic carbocycles. The van der Waals surface area contributed by atoms with Gasteiger partial charge < -0.3 is 10.2 Å². The van der Waals surface area contributed by atoms with Gasteiger partial charge in [0.15, 0.2) is 0 Å². The first-order valence-corrected chi connectivity index (χ1v) is 4.73. The van der Waals surface area contributed by atoms with Crippen molar-refractivity contribution in [3.63, 3.8) is 0 Å². The molecular formula is C10H13F2N3O. The van der Waals surface area contributed by atoms with Gasteiger partial charge >= 0.3 is 0 Å². The van der Waals surface area contributed by atoms with E-state index >= 15 is 0 Å². The lowest BCUT2D eigenvalue weighted by Crippen LogP contribution is -2.31. The molecule has 88 valence electrons. The second kappa shape index (κ2) is 5.39. The number of anilines is 1. The number of pyridine rings is 1. The first-order valence-electron chi connectivity index (χ1n) is 4.73. The Bertz CT molecular complexity index is 371. The van der Waals surface area contributed by atoms with Crippen molar-refractivity contribution < 1.29 is 13.6 Å². The van der Waals surface area contributed by atoms with Crippen LogP contribution in [-0.2, 0) is 0 Å². The van der Waals surface area contributed by atoms with Gasteiger partial charge in [0.2, 0.25) is 0 Å². The number of carbonyl (C=O) groups excluding carboxylic acids is 1. The van der Waals surface area contributed by atoms with Gasteiger partial charge in [-0.25, -0.2) is 13.8 Å². The van der Waals surface area contributed by atoms with Crippen LogP contribution in [0.2, 0.25) is 0 Å². The van der Waals surface area contributed by atoms with Crippen LogP contribution in [0.1, 0.15) is 10.5 Å². The second-order valence-corrected chi connectivity index (χ2v) is 3.23. The molecule has 1 rings (SSSR count). The summed E-state index contributed by atoms with van der Waals surface area (Å²) in [6, 6.07) is 4.82. The Morgan fingerprint density at radius 2 is 2.25 bits per heavy atom. The summed E-state index contributed by atoms with van der Waals surface area (Å²) < 4.78 is 24.2. The minimum atomic E-state index is -2.54. The van der Waals surface area contributed by atoms with Gasteiger partial charge in [0, 0.05) is 14.1 Å². The summed E-state index contributed by atoms with van der Waals surface area (Å²) in [6.07, 6.45) is -2.54. The maximum atomic E-state index is 12.1. The number of halogens is 2. The Morgan fingerprint density at radius 1 is 1.56 bits per heavy atom. The molecule has 1 N–H and O–H groups in total. The topological polar surface area (TPSA) is 45.2 Å². The highest BCUT2D eigenvalue weighted by Gasteiger charge is 2.16. The van der Waals surface area contributed by atoms with E-state index in [4.69, 9.17) is 0 Å². The summed E-state index contributed by atoms with van der Waals surface area (Å²) in [4.78, 5) is 16.6. The molecule has 1 amide bonds. The fourth-order valence-corrected chi connectivity index (χ4v) is 1.18. The number of nitrogens with zero attached hydrogens (tertiary/aromatic N) is 2. The maximum absolute atomic E-state index is 12.1. The Morgan fingerprint density at radius 3 is 2.81 bits per heavy atom. The fourth-order valence-electron chi connectivity index (χ4n) is 1.18. The lowest BCUT2D eigenvalue weighted by atomic mass is 10.3. The van der Waals surface area contributed by atoms with Crippen LogP contribution in [0.5, 0.6) is 0 Å². The van der Waals surface area contributed by atoms with E-state index in [0.717, 1.165) is 4.90 Å². The molecule has 6 heteroatoms. The van der Waals surface area contributed by atoms with E-state index in [1.165, 1.54) is 13.1 Å². The minimum absolute atomic E-state index is 0.148. The zero-order valence-electron chi connectivity index (χ0n) is 9.08. The number of carbonyl (C=O) groups is 1. The summed E-state index contributed by atoms with van der Waals surface area (Å²) >= 11 is 0. The number of aromatic nitrogens is 1. The Hall–Kier alpha value is -1.72. The van der Waals surface area contributed by atoms with Crippen molar-refractivity contribution in [3.8, 4) is 0 Å². The highest BCUT2D eigenvalue weighted by Crippen LogP contribution is 2.07. The van der Waals surface area contributed by atoms with Gasteiger partial charge in [-0.3, -0.25) is 4.79 Å². The van der Waals surface area contributed by atoms with Crippen molar-refractivity contribution in [3.05, 3.63) is 23.9 Å². The first-order chi connectivity index (χ1) is 7.54. The summed E-state index contributed by atoms with van der Waals surface area (Å²) in [7, 11) is 2.99. The van der Waals surface area contributed by atoms with Crippen molar-refractivity contribution in [2.75, 3.05) is 26.0 Å². The smallest absolute Gasteiger partial charge is 0.272 e. The molecule has 1 heterocycles. The molecule has 0 saturated carbocycles. The maximum Gasteiger partial charge on any atom is 0.272 e. The average Bonchev–Trinajstić information content (AvgIpc) is 2.27. The summed E-state index contributed by atoms with van der Waals surface area (Å²) in [5.74, 6) is 0.00805. The van der Waals surface area contributed by atoms with Gasteiger partial charge in [0.25, 0.3) is 12.3 Å². The number of alkyl halides is 2. The van der Waals surface area contributed by atoms with Gasteiger partial charge in [-0.1, -0.05) is 6.07 Å². The molecule has 16 heavy (non-hydrogen) atoms. The van der Waals surface area contributed by atoms with E-state index in [-0.39, 0.29) is 5.69 Å². The van der Waals surface area contributed by atoms with Crippen LogP contribution >= 0.6 is 0 Å². The van der Waals surface area contributed by atoms with Gasteiger partial charge in [-0.05, 0) is 12.1 Å². The van der Waals surface area contributed by atoms with Gasteiger partial charge in [0.05, 0.1) is 6.54 Å². The monoisotopic (exact) mass is 229 g/mol. The largest absolute Gasteiger partial charge is 0.373 e. The Kier molecular flexibility index (Phi) is 4.16. The quantitative estimate of drug-likeness (QED) is 0.850. The molecule has 0 saturated heterocycles. The molecule has 0 fully saturated rings. The number of nitrogens with one attached hydrogen (secondary N) is 1. The first kappa shape index (κ1) is 12.4. The Labute approximate surface area is 92.3 Å². The molecule has 0 unspecified atom stereocenters. The molecular weight excluding hydrogens is 216 g/mol. The molecule has 0 spiro atoms. The lowest BCUT2D eigenvalue weighted by Gasteiger charge is -2.16. The summed E-state index contributed by atoms with van der Waals surface area (Å²) in [6.45, 7) is -0.593. The van der Waals surface area contributed by atoms with Crippen LogP contribution in [0, 0.1) is 0 Å². The zero-order chi connectivity index (χ0) is 12.1. The van der Waals surface area contributed by atoms with Crippen molar-refractivity contribution in [2.45, 2.75) is 6.43 Å². The predicted molar refractivity (Wildman–Crippen MR) is 56.7 cm³/mol. The normalized spacial score (nSPS) is 10.3. The standard InChI is InChI=1S/C10H13F2N3O/c1-13-9-5-3-4-7(14-9)10(16)15(2)6-8(11)12/h3-5,8H,6H2,1-2H3,(H,13,14). The molecule has 4 nitrogen and oxygen atoms in total. The molecule has 0 aliphatic heterocycles. The summed E-state index contributed by atoms with van der Waals surface area (Å²) in [5, 5.41) is 2.77. The molecule has 1 aromatic heterocycles. The molecule has 1 aromatic rings. The second-order valence-electron chi connectivity index (χ2n) is 3.23. The van der Waals surface area contributed by atoms with Crippen molar-refractivity contribution >= 4 is 11.7 Å². The van der Waals surface area contributed by atoms with Gasteiger partial charge in [-0.15, -0.1) is 0 Å². The van der Waals surface area contributed by atoms with Crippen molar-refractivity contribution in [1.29, 1.82) is 0 Å². The van der Waals surface area contributed by atoms with Gasteiger partial charge in [0.1, 0.15) is 11.5 Å². The average molecular weight is 229 g/mol. The number of amides is 1. The van der Waals surface area contributed by atoms with Crippen LogP contribution in [-0.4, -0.2) is 42.9 Å². The van der Waals surface area contributed by atoms with E-state index in [2.05, 4.69) is 10.3 Å². The van der Waals surface area contributed by atoms with E-state index in [1.807, 2.05) is 0 Å². The molecule has 0 bridgehead atoms. The SMILES string of the molecule is CNc1cccc(C(=O)N(C)CC(F)F)n1. The number of rotatable bonds is 4.